The van der Waals surface area contributed by atoms with Crippen molar-refractivity contribution >= 4 is 11.5 Å². The summed E-state index contributed by atoms with van der Waals surface area (Å²) in [6.45, 7) is 5.55. The van der Waals surface area contributed by atoms with Crippen molar-refractivity contribution in [3.05, 3.63) is 35.9 Å². The van der Waals surface area contributed by atoms with Gasteiger partial charge in [-0.2, -0.15) is 0 Å². The first-order valence-corrected chi connectivity index (χ1v) is 9.01. The molecule has 0 amide bonds. The van der Waals surface area contributed by atoms with E-state index in [1.54, 1.807) is 7.11 Å². The molecule has 0 spiro atoms. The summed E-state index contributed by atoms with van der Waals surface area (Å²) in [6.07, 6.45) is 4.75. The number of rotatable bonds is 4. The van der Waals surface area contributed by atoms with E-state index < -0.39 is 11.2 Å². The highest BCUT2D eigenvalue weighted by Gasteiger charge is 2.48. The smallest absolute Gasteiger partial charge is 0.309 e. The zero-order valence-electron chi connectivity index (χ0n) is 15.5. The lowest BCUT2D eigenvalue weighted by molar-refractivity contribution is -0.164. The summed E-state index contributed by atoms with van der Waals surface area (Å²) in [7, 11) is 1.68. The van der Waals surface area contributed by atoms with Crippen LogP contribution in [0.25, 0.3) is 5.57 Å². The van der Waals surface area contributed by atoms with Gasteiger partial charge in [0.05, 0.1) is 19.1 Å². The SMILES string of the molecule is COc1ccccc1C1=C[C@H]2CC[C@@H]1C[C@@]2(O)CC(=O)OC(C)(C)C. The van der Waals surface area contributed by atoms with Gasteiger partial charge in [0, 0.05) is 11.5 Å². The molecule has 3 aliphatic rings. The number of fused-ring (bicyclic) bond motifs is 2. The highest BCUT2D eigenvalue weighted by atomic mass is 16.6. The molecular weight excluding hydrogens is 316 g/mol. The number of aliphatic hydroxyl groups is 1. The Hall–Kier alpha value is -1.81. The van der Waals surface area contributed by atoms with E-state index in [9.17, 15) is 9.90 Å². The van der Waals surface area contributed by atoms with Crippen LogP contribution in [0.15, 0.2) is 30.3 Å². The van der Waals surface area contributed by atoms with Crippen molar-refractivity contribution in [1.82, 2.24) is 0 Å². The Morgan fingerprint density at radius 1 is 1.28 bits per heavy atom. The van der Waals surface area contributed by atoms with Crippen molar-refractivity contribution in [2.75, 3.05) is 7.11 Å². The van der Waals surface area contributed by atoms with E-state index in [0.717, 1.165) is 24.2 Å². The number of carbonyl (C=O) groups is 1. The molecule has 1 aromatic rings. The van der Waals surface area contributed by atoms with E-state index in [2.05, 4.69) is 12.1 Å². The van der Waals surface area contributed by atoms with Gasteiger partial charge in [0.25, 0.3) is 0 Å². The van der Waals surface area contributed by atoms with E-state index in [0.29, 0.717) is 6.42 Å². The third-order valence-electron chi connectivity index (χ3n) is 5.23. The molecule has 1 fully saturated rings. The predicted molar refractivity (Wildman–Crippen MR) is 97.2 cm³/mol. The van der Waals surface area contributed by atoms with E-state index in [1.807, 2.05) is 39.0 Å². The van der Waals surface area contributed by atoms with Gasteiger partial charge in [0.2, 0.25) is 0 Å². The van der Waals surface area contributed by atoms with Crippen molar-refractivity contribution < 1.29 is 19.4 Å². The first-order chi connectivity index (χ1) is 11.7. The molecule has 1 saturated carbocycles. The molecule has 4 rings (SSSR count). The summed E-state index contributed by atoms with van der Waals surface area (Å²) in [5.41, 5.74) is 0.803. The van der Waals surface area contributed by atoms with Gasteiger partial charge in [-0.1, -0.05) is 24.3 Å². The molecule has 4 heteroatoms. The third kappa shape index (κ3) is 3.74. The lowest BCUT2D eigenvalue weighted by Crippen LogP contribution is -2.48. The summed E-state index contributed by atoms with van der Waals surface area (Å²) >= 11 is 0. The maximum absolute atomic E-state index is 12.2. The number of benzene rings is 1. The van der Waals surface area contributed by atoms with Crippen molar-refractivity contribution in [3.8, 4) is 5.75 Å². The Morgan fingerprint density at radius 2 is 2.00 bits per heavy atom. The minimum absolute atomic E-state index is 0.0232. The van der Waals surface area contributed by atoms with Crippen LogP contribution in [0.1, 0.15) is 52.0 Å². The van der Waals surface area contributed by atoms with E-state index in [4.69, 9.17) is 9.47 Å². The molecule has 1 N–H and O–H groups in total. The fourth-order valence-corrected chi connectivity index (χ4v) is 4.21. The Bertz CT molecular complexity index is 685. The summed E-state index contributed by atoms with van der Waals surface area (Å²) in [4.78, 5) is 12.2. The maximum atomic E-state index is 12.2. The van der Waals surface area contributed by atoms with Crippen LogP contribution in [0.3, 0.4) is 0 Å². The van der Waals surface area contributed by atoms with Crippen molar-refractivity contribution in [2.45, 2.75) is 57.7 Å². The van der Waals surface area contributed by atoms with Gasteiger partial charge < -0.3 is 14.6 Å². The number of esters is 1. The largest absolute Gasteiger partial charge is 0.496 e. The van der Waals surface area contributed by atoms with Gasteiger partial charge in [-0.25, -0.2) is 0 Å². The molecule has 3 aliphatic carbocycles. The molecule has 0 radical (unpaired) electrons. The molecule has 136 valence electrons. The zero-order chi connectivity index (χ0) is 18.2. The van der Waals surface area contributed by atoms with Gasteiger partial charge in [0.15, 0.2) is 0 Å². The number of hydrogen-bond acceptors (Lipinski definition) is 4. The number of hydrogen-bond donors (Lipinski definition) is 1. The van der Waals surface area contributed by atoms with Gasteiger partial charge in [-0.3, -0.25) is 4.79 Å². The van der Waals surface area contributed by atoms with Crippen LogP contribution in [-0.4, -0.2) is 29.4 Å². The minimum Gasteiger partial charge on any atom is -0.496 e. The number of ether oxygens (including phenoxy) is 2. The topological polar surface area (TPSA) is 55.8 Å². The molecular formula is C21H28O4. The third-order valence-corrected chi connectivity index (χ3v) is 5.23. The molecule has 4 nitrogen and oxygen atoms in total. The molecule has 0 aliphatic heterocycles. The Morgan fingerprint density at radius 3 is 2.60 bits per heavy atom. The maximum Gasteiger partial charge on any atom is 0.309 e. The number of para-hydroxylation sites is 1. The summed E-state index contributed by atoms with van der Waals surface area (Å²) in [5, 5.41) is 11.1. The Kier molecular flexibility index (Phi) is 4.67. The van der Waals surface area contributed by atoms with Crippen LogP contribution >= 0.6 is 0 Å². The zero-order valence-corrected chi connectivity index (χ0v) is 15.5. The molecule has 0 saturated heterocycles. The van der Waals surface area contributed by atoms with Crippen LogP contribution in [0, 0.1) is 11.8 Å². The van der Waals surface area contributed by atoms with Gasteiger partial charge >= 0.3 is 5.97 Å². The lowest BCUT2D eigenvalue weighted by Gasteiger charge is -2.47. The van der Waals surface area contributed by atoms with Crippen molar-refractivity contribution in [3.63, 3.8) is 0 Å². The second-order valence-electron chi connectivity index (χ2n) is 8.27. The summed E-state index contributed by atoms with van der Waals surface area (Å²) < 4.78 is 10.9. The second kappa shape index (κ2) is 6.49. The summed E-state index contributed by atoms with van der Waals surface area (Å²) in [6, 6.07) is 8.00. The average Bonchev–Trinajstić information content (AvgIpc) is 2.52. The van der Waals surface area contributed by atoms with Crippen molar-refractivity contribution in [2.24, 2.45) is 11.8 Å². The van der Waals surface area contributed by atoms with E-state index in [1.165, 1.54) is 5.57 Å². The van der Waals surface area contributed by atoms with Crippen LogP contribution in [0.2, 0.25) is 0 Å². The normalized spacial score (nSPS) is 28.4. The standard InChI is InChI=1S/C21H28O4/c1-20(2,3)25-19(22)13-21(23)12-14-9-10-15(21)11-17(14)16-7-5-6-8-18(16)24-4/h5-8,11,14-15,23H,9-10,12-13H2,1-4H3/t14-,15-,21-/m1/s1. The molecule has 25 heavy (non-hydrogen) atoms. The number of carbonyl (C=O) groups excluding carboxylic acids is 1. The molecule has 0 unspecified atom stereocenters. The van der Waals surface area contributed by atoms with Crippen molar-refractivity contribution in [1.29, 1.82) is 0 Å². The van der Waals surface area contributed by atoms with Crippen LogP contribution in [0.5, 0.6) is 5.75 Å². The Labute approximate surface area is 149 Å². The van der Waals surface area contributed by atoms with Gasteiger partial charge in [0.1, 0.15) is 11.4 Å². The highest BCUT2D eigenvalue weighted by Crippen LogP contribution is 2.52. The molecule has 1 aromatic carbocycles. The van der Waals surface area contributed by atoms with E-state index >= 15 is 0 Å². The average molecular weight is 344 g/mol. The molecule has 0 heterocycles. The lowest BCUT2D eigenvalue weighted by atomic mass is 9.61. The summed E-state index contributed by atoms with van der Waals surface area (Å²) in [5.74, 6) is 0.755. The van der Waals surface area contributed by atoms with Gasteiger partial charge in [-0.05, 0) is 57.6 Å². The fraction of sp³-hybridized carbons (Fsp3) is 0.571. The predicted octanol–water partition coefficient (Wildman–Crippen LogP) is 3.97. The number of methoxy groups -OCH3 is 1. The van der Waals surface area contributed by atoms with E-state index in [-0.39, 0.29) is 24.2 Å². The first-order valence-electron chi connectivity index (χ1n) is 9.01. The number of allylic oxidation sites excluding steroid dienone is 1. The van der Waals surface area contributed by atoms with Crippen LogP contribution in [-0.2, 0) is 9.53 Å². The van der Waals surface area contributed by atoms with Crippen LogP contribution in [0.4, 0.5) is 0 Å². The fourth-order valence-electron chi connectivity index (χ4n) is 4.21. The minimum atomic E-state index is -1.00. The van der Waals surface area contributed by atoms with Crippen LogP contribution < -0.4 is 4.74 Å². The quantitative estimate of drug-likeness (QED) is 0.840. The monoisotopic (exact) mass is 344 g/mol. The molecule has 3 atom stereocenters. The molecule has 2 bridgehead atoms. The molecule has 0 aromatic heterocycles. The van der Waals surface area contributed by atoms with Gasteiger partial charge in [-0.15, -0.1) is 0 Å². The first kappa shape index (κ1) is 18.0. The highest BCUT2D eigenvalue weighted by molar-refractivity contribution is 5.76. The Balaban J connectivity index is 1.83. The second-order valence-corrected chi connectivity index (χ2v) is 8.27.